The van der Waals surface area contributed by atoms with Gasteiger partial charge in [-0.15, -0.1) is 0 Å². The highest BCUT2D eigenvalue weighted by Crippen LogP contribution is 2.24. The number of ether oxygens (including phenoxy) is 1. The van der Waals surface area contributed by atoms with E-state index in [2.05, 4.69) is 15.9 Å². The SMILES string of the molecule is C/C(=C/Cl)COc1ccc(Br)c(/C=C/C(=O)O)c1. The zero-order chi connectivity index (χ0) is 13.5. The van der Waals surface area contributed by atoms with Crippen molar-refractivity contribution < 1.29 is 14.6 Å². The Morgan fingerprint density at radius 1 is 1.56 bits per heavy atom. The number of benzene rings is 1. The van der Waals surface area contributed by atoms with Gasteiger partial charge in [0.25, 0.3) is 0 Å². The van der Waals surface area contributed by atoms with Gasteiger partial charge in [-0.05, 0) is 42.3 Å². The average molecular weight is 332 g/mol. The lowest BCUT2D eigenvalue weighted by Crippen LogP contribution is -1.98. The third kappa shape index (κ3) is 4.94. The molecular formula is C13H12BrClO3. The summed E-state index contributed by atoms with van der Waals surface area (Å²) in [5.41, 5.74) is 3.11. The zero-order valence-corrected chi connectivity index (χ0v) is 12.0. The van der Waals surface area contributed by atoms with Crippen LogP contribution in [0.15, 0.2) is 39.9 Å². The lowest BCUT2D eigenvalue weighted by atomic mass is 10.2. The predicted octanol–water partition coefficient (Wildman–Crippen LogP) is 4.07. The first-order valence-corrected chi connectivity index (χ1v) is 6.35. The molecule has 1 aromatic carbocycles. The van der Waals surface area contributed by atoms with E-state index in [-0.39, 0.29) is 0 Å². The quantitative estimate of drug-likeness (QED) is 0.827. The molecule has 0 aliphatic carbocycles. The predicted molar refractivity (Wildman–Crippen MR) is 75.9 cm³/mol. The molecular weight excluding hydrogens is 319 g/mol. The minimum Gasteiger partial charge on any atom is -0.489 e. The molecule has 0 bridgehead atoms. The Bertz CT molecular complexity index is 495. The normalized spacial score (nSPS) is 11.8. The van der Waals surface area contributed by atoms with Crippen LogP contribution in [0.1, 0.15) is 12.5 Å². The minimum absolute atomic E-state index is 0.396. The van der Waals surface area contributed by atoms with E-state index in [4.69, 9.17) is 21.4 Å². The van der Waals surface area contributed by atoms with Crippen LogP contribution in [0.2, 0.25) is 0 Å². The van der Waals surface area contributed by atoms with Gasteiger partial charge in [0.1, 0.15) is 12.4 Å². The minimum atomic E-state index is -0.992. The molecule has 96 valence electrons. The van der Waals surface area contributed by atoms with Gasteiger partial charge in [0, 0.05) is 16.1 Å². The van der Waals surface area contributed by atoms with Gasteiger partial charge >= 0.3 is 5.97 Å². The van der Waals surface area contributed by atoms with E-state index in [9.17, 15) is 4.79 Å². The van der Waals surface area contributed by atoms with Crippen LogP contribution in [-0.2, 0) is 4.79 Å². The molecule has 0 saturated carbocycles. The maximum absolute atomic E-state index is 10.5. The zero-order valence-electron chi connectivity index (χ0n) is 9.69. The van der Waals surface area contributed by atoms with Crippen LogP contribution in [0.5, 0.6) is 5.75 Å². The summed E-state index contributed by atoms with van der Waals surface area (Å²) in [6, 6.07) is 5.35. The highest BCUT2D eigenvalue weighted by Gasteiger charge is 2.01. The molecule has 0 atom stereocenters. The third-order valence-corrected chi connectivity index (χ3v) is 3.12. The summed E-state index contributed by atoms with van der Waals surface area (Å²) in [5, 5.41) is 8.59. The smallest absolute Gasteiger partial charge is 0.328 e. The molecule has 0 spiro atoms. The van der Waals surface area contributed by atoms with Crippen molar-refractivity contribution in [3.05, 3.63) is 45.4 Å². The van der Waals surface area contributed by atoms with Crippen molar-refractivity contribution in [3.8, 4) is 5.75 Å². The Hall–Kier alpha value is -1.26. The standard InChI is InChI=1S/C13H12BrClO3/c1-9(7-15)8-18-11-3-4-12(14)10(6-11)2-5-13(16)17/h2-7H,8H2,1H3,(H,16,17)/b5-2+,9-7-. The fourth-order valence-electron chi connectivity index (χ4n) is 1.13. The summed E-state index contributed by atoms with van der Waals surface area (Å²) in [7, 11) is 0. The molecule has 0 heterocycles. The molecule has 0 saturated heterocycles. The van der Waals surface area contributed by atoms with E-state index in [1.54, 1.807) is 18.2 Å². The monoisotopic (exact) mass is 330 g/mol. The molecule has 0 unspecified atom stereocenters. The maximum Gasteiger partial charge on any atom is 0.328 e. The van der Waals surface area contributed by atoms with Crippen LogP contribution in [-0.4, -0.2) is 17.7 Å². The van der Waals surface area contributed by atoms with Gasteiger partial charge in [-0.3, -0.25) is 0 Å². The molecule has 0 radical (unpaired) electrons. The van der Waals surface area contributed by atoms with Gasteiger partial charge in [-0.25, -0.2) is 4.79 Å². The molecule has 0 aromatic heterocycles. The Morgan fingerprint density at radius 3 is 2.89 bits per heavy atom. The van der Waals surface area contributed by atoms with Crippen molar-refractivity contribution in [2.45, 2.75) is 6.92 Å². The number of carboxylic acids is 1. The van der Waals surface area contributed by atoms with E-state index in [1.807, 2.05) is 6.92 Å². The van der Waals surface area contributed by atoms with Crippen LogP contribution >= 0.6 is 27.5 Å². The second kappa shape index (κ2) is 7.24. The van der Waals surface area contributed by atoms with Crippen LogP contribution in [0.3, 0.4) is 0 Å². The Labute approximate surface area is 119 Å². The average Bonchev–Trinajstić information content (AvgIpc) is 2.35. The Kier molecular flexibility index (Phi) is 5.95. The fourth-order valence-corrected chi connectivity index (χ4v) is 1.57. The fraction of sp³-hybridized carbons (Fsp3) is 0.154. The van der Waals surface area contributed by atoms with Crippen molar-refractivity contribution >= 4 is 39.6 Å². The van der Waals surface area contributed by atoms with Crippen molar-refractivity contribution in [1.29, 1.82) is 0 Å². The number of rotatable bonds is 5. The molecule has 1 aromatic rings. The van der Waals surface area contributed by atoms with Crippen molar-refractivity contribution in [1.82, 2.24) is 0 Å². The number of carboxylic acid groups (broad SMARTS) is 1. The van der Waals surface area contributed by atoms with Crippen molar-refractivity contribution in [2.24, 2.45) is 0 Å². The van der Waals surface area contributed by atoms with Crippen molar-refractivity contribution in [3.63, 3.8) is 0 Å². The molecule has 0 aliphatic heterocycles. The van der Waals surface area contributed by atoms with Gasteiger partial charge in [-0.1, -0.05) is 27.5 Å². The summed E-state index contributed by atoms with van der Waals surface area (Å²) in [5.74, 6) is -0.338. The van der Waals surface area contributed by atoms with Gasteiger partial charge in [0.2, 0.25) is 0 Å². The molecule has 0 fully saturated rings. The summed E-state index contributed by atoms with van der Waals surface area (Å²) in [4.78, 5) is 10.5. The molecule has 5 heteroatoms. The van der Waals surface area contributed by atoms with Crippen LogP contribution in [0.4, 0.5) is 0 Å². The topological polar surface area (TPSA) is 46.5 Å². The summed E-state index contributed by atoms with van der Waals surface area (Å²) < 4.78 is 6.31. The highest BCUT2D eigenvalue weighted by molar-refractivity contribution is 9.10. The Morgan fingerprint density at radius 2 is 2.28 bits per heavy atom. The van der Waals surface area contributed by atoms with Crippen LogP contribution < -0.4 is 4.74 Å². The molecule has 1 rings (SSSR count). The Balaban J connectivity index is 2.83. The molecule has 0 aliphatic rings. The summed E-state index contributed by atoms with van der Waals surface area (Å²) in [6.07, 6.45) is 2.58. The first-order valence-electron chi connectivity index (χ1n) is 5.12. The maximum atomic E-state index is 10.5. The first-order chi connectivity index (χ1) is 8.52. The lowest BCUT2D eigenvalue weighted by molar-refractivity contribution is -0.131. The highest BCUT2D eigenvalue weighted by atomic mass is 79.9. The van der Waals surface area contributed by atoms with Crippen LogP contribution in [0, 0.1) is 0 Å². The molecule has 1 N–H and O–H groups in total. The second-order valence-electron chi connectivity index (χ2n) is 3.60. The van der Waals surface area contributed by atoms with E-state index in [0.29, 0.717) is 12.4 Å². The molecule has 0 amide bonds. The summed E-state index contributed by atoms with van der Waals surface area (Å²) >= 11 is 8.88. The largest absolute Gasteiger partial charge is 0.489 e. The number of carbonyl (C=O) groups is 1. The molecule has 18 heavy (non-hydrogen) atoms. The number of hydrogen-bond acceptors (Lipinski definition) is 2. The number of halogens is 2. The van der Waals surface area contributed by atoms with E-state index in [1.165, 1.54) is 11.6 Å². The van der Waals surface area contributed by atoms with E-state index < -0.39 is 5.97 Å². The third-order valence-electron chi connectivity index (χ3n) is 2.03. The number of hydrogen-bond donors (Lipinski definition) is 1. The molecule has 3 nitrogen and oxygen atoms in total. The van der Waals surface area contributed by atoms with Gasteiger partial charge < -0.3 is 9.84 Å². The van der Waals surface area contributed by atoms with E-state index >= 15 is 0 Å². The lowest BCUT2D eigenvalue weighted by Gasteiger charge is -2.07. The van der Waals surface area contributed by atoms with Gasteiger partial charge in [-0.2, -0.15) is 0 Å². The van der Waals surface area contributed by atoms with E-state index in [0.717, 1.165) is 21.7 Å². The van der Waals surface area contributed by atoms with Gasteiger partial charge in [0.05, 0.1) is 0 Å². The second-order valence-corrected chi connectivity index (χ2v) is 4.67. The number of aliphatic carboxylic acids is 1. The van der Waals surface area contributed by atoms with Gasteiger partial charge in [0.15, 0.2) is 0 Å². The summed E-state index contributed by atoms with van der Waals surface area (Å²) in [6.45, 7) is 2.25. The first kappa shape index (κ1) is 14.8. The van der Waals surface area contributed by atoms with Crippen molar-refractivity contribution in [2.75, 3.05) is 6.61 Å². The van der Waals surface area contributed by atoms with Crippen LogP contribution in [0.25, 0.3) is 6.08 Å².